The fourth-order valence-corrected chi connectivity index (χ4v) is 3.97. The van der Waals surface area contributed by atoms with E-state index < -0.39 is 0 Å². The Hall–Kier alpha value is -1.91. The number of hydrogen-bond donors (Lipinski definition) is 1. The van der Waals surface area contributed by atoms with Crippen molar-refractivity contribution in [3.05, 3.63) is 59.6 Å². The molecule has 0 bridgehead atoms. The third kappa shape index (κ3) is 3.54. The van der Waals surface area contributed by atoms with Gasteiger partial charge in [0.2, 0.25) is 0 Å². The second-order valence-corrected chi connectivity index (χ2v) is 7.10. The van der Waals surface area contributed by atoms with Crippen molar-refractivity contribution in [2.24, 2.45) is 0 Å². The summed E-state index contributed by atoms with van der Waals surface area (Å²) < 4.78 is 1.26. The number of rotatable bonds is 4. The molecule has 2 heterocycles. The second kappa shape index (κ2) is 6.69. The van der Waals surface area contributed by atoms with Crippen molar-refractivity contribution in [1.82, 2.24) is 9.88 Å². The van der Waals surface area contributed by atoms with Crippen molar-refractivity contribution in [3.63, 3.8) is 0 Å². The number of piperidine rings is 1. The van der Waals surface area contributed by atoms with Crippen molar-refractivity contribution in [3.8, 4) is 0 Å². The van der Waals surface area contributed by atoms with Crippen molar-refractivity contribution < 1.29 is 0 Å². The lowest BCUT2D eigenvalue weighted by molar-refractivity contribution is 0.211. The SMILES string of the molecule is c1ccc(CN2CCC(Nc3ccc4ncsc4c3)CC2)cc1. The number of nitrogens with zero attached hydrogens (tertiary/aromatic N) is 2. The van der Waals surface area contributed by atoms with Crippen LogP contribution in [0.3, 0.4) is 0 Å². The van der Waals surface area contributed by atoms with Gasteiger partial charge in [0.15, 0.2) is 0 Å². The van der Waals surface area contributed by atoms with Crippen LogP contribution in [0.15, 0.2) is 54.0 Å². The number of thiazole rings is 1. The largest absolute Gasteiger partial charge is 0.382 e. The Labute approximate surface area is 141 Å². The lowest BCUT2D eigenvalue weighted by atomic mass is 10.0. The Morgan fingerprint density at radius 2 is 1.91 bits per heavy atom. The third-order valence-corrected chi connectivity index (χ3v) is 5.33. The quantitative estimate of drug-likeness (QED) is 0.772. The highest BCUT2D eigenvalue weighted by Crippen LogP contribution is 2.24. The zero-order valence-electron chi connectivity index (χ0n) is 13.1. The molecule has 1 aliphatic heterocycles. The predicted molar refractivity (Wildman–Crippen MR) is 98.0 cm³/mol. The summed E-state index contributed by atoms with van der Waals surface area (Å²) in [5, 5.41) is 3.70. The van der Waals surface area contributed by atoms with E-state index >= 15 is 0 Å². The molecule has 4 heteroatoms. The van der Waals surface area contributed by atoms with E-state index in [1.165, 1.54) is 28.8 Å². The van der Waals surface area contributed by atoms with E-state index in [1.807, 2.05) is 5.51 Å². The van der Waals surface area contributed by atoms with Gasteiger partial charge in [-0.2, -0.15) is 0 Å². The van der Waals surface area contributed by atoms with Crippen LogP contribution in [0.1, 0.15) is 18.4 Å². The minimum Gasteiger partial charge on any atom is -0.382 e. The summed E-state index contributed by atoms with van der Waals surface area (Å²) in [5.41, 5.74) is 5.65. The summed E-state index contributed by atoms with van der Waals surface area (Å²) in [7, 11) is 0. The van der Waals surface area contributed by atoms with Gasteiger partial charge in [-0.15, -0.1) is 11.3 Å². The molecule has 1 N–H and O–H groups in total. The van der Waals surface area contributed by atoms with E-state index in [1.54, 1.807) is 11.3 Å². The molecule has 1 aliphatic rings. The maximum atomic E-state index is 4.34. The molecule has 118 valence electrons. The van der Waals surface area contributed by atoms with Crippen LogP contribution in [0.4, 0.5) is 5.69 Å². The Kier molecular flexibility index (Phi) is 4.26. The van der Waals surface area contributed by atoms with Gasteiger partial charge in [0.05, 0.1) is 15.7 Å². The third-order valence-electron chi connectivity index (χ3n) is 4.54. The highest BCUT2D eigenvalue weighted by molar-refractivity contribution is 7.16. The maximum absolute atomic E-state index is 4.34. The van der Waals surface area contributed by atoms with E-state index in [-0.39, 0.29) is 0 Å². The molecule has 4 rings (SSSR count). The fourth-order valence-electron chi connectivity index (χ4n) is 3.26. The predicted octanol–water partition coefficient (Wildman–Crippen LogP) is 4.37. The van der Waals surface area contributed by atoms with E-state index in [0.29, 0.717) is 6.04 Å². The lowest BCUT2D eigenvalue weighted by Gasteiger charge is -2.32. The number of anilines is 1. The van der Waals surface area contributed by atoms with Crippen molar-refractivity contribution in [2.75, 3.05) is 18.4 Å². The minimum absolute atomic E-state index is 0.576. The normalized spacial score (nSPS) is 16.7. The summed E-state index contributed by atoms with van der Waals surface area (Å²) in [4.78, 5) is 6.90. The molecule has 0 saturated carbocycles. The number of aromatic nitrogens is 1. The Morgan fingerprint density at radius 1 is 1.09 bits per heavy atom. The van der Waals surface area contributed by atoms with Crippen molar-refractivity contribution in [2.45, 2.75) is 25.4 Å². The standard InChI is InChI=1S/C19H21N3S/c1-2-4-15(5-3-1)13-22-10-8-16(9-11-22)21-17-6-7-18-19(12-17)23-14-20-18/h1-7,12,14,16,21H,8-11,13H2. The van der Waals surface area contributed by atoms with Crippen LogP contribution in [-0.4, -0.2) is 29.0 Å². The molecule has 0 amide bonds. The second-order valence-electron chi connectivity index (χ2n) is 6.22. The Balaban J connectivity index is 1.32. The molecular formula is C19H21N3S. The van der Waals surface area contributed by atoms with Crippen LogP contribution in [0.5, 0.6) is 0 Å². The van der Waals surface area contributed by atoms with E-state index in [9.17, 15) is 0 Å². The summed E-state index contributed by atoms with van der Waals surface area (Å²) in [6, 6.07) is 17.8. The summed E-state index contributed by atoms with van der Waals surface area (Å²) in [6.07, 6.45) is 2.40. The molecule has 3 aromatic rings. The first-order valence-electron chi connectivity index (χ1n) is 8.23. The topological polar surface area (TPSA) is 28.2 Å². The first kappa shape index (κ1) is 14.7. The fraction of sp³-hybridized carbons (Fsp3) is 0.316. The molecule has 0 radical (unpaired) electrons. The molecular weight excluding hydrogens is 302 g/mol. The van der Waals surface area contributed by atoms with Gasteiger partial charge in [-0.3, -0.25) is 4.90 Å². The first-order valence-corrected chi connectivity index (χ1v) is 9.11. The molecule has 0 atom stereocenters. The Bertz CT molecular complexity index is 760. The van der Waals surface area contributed by atoms with E-state index in [2.05, 4.69) is 63.7 Å². The average molecular weight is 323 g/mol. The van der Waals surface area contributed by atoms with E-state index in [4.69, 9.17) is 0 Å². The maximum Gasteiger partial charge on any atom is 0.0813 e. The van der Waals surface area contributed by atoms with Crippen molar-refractivity contribution in [1.29, 1.82) is 0 Å². The van der Waals surface area contributed by atoms with Gasteiger partial charge < -0.3 is 5.32 Å². The molecule has 0 unspecified atom stereocenters. The van der Waals surface area contributed by atoms with Gasteiger partial charge in [0.25, 0.3) is 0 Å². The highest BCUT2D eigenvalue weighted by Gasteiger charge is 2.19. The summed E-state index contributed by atoms with van der Waals surface area (Å²) in [5.74, 6) is 0. The van der Waals surface area contributed by atoms with Gasteiger partial charge >= 0.3 is 0 Å². The summed E-state index contributed by atoms with van der Waals surface area (Å²) >= 11 is 1.71. The highest BCUT2D eigenvalue weighted by atomic mass is 32.1. The number of fused-ring (bicyclic) bond motifs is 1. The monoisotopic (exact) mass is 323 g/mol. The van der Waals surface area contributed by atoms with Crippen molar-refractivity contribution >= 4 is 27.2 Å². The van der Waals surface area contributed by atoms with Gasteiger partial charge in [0, 0.05) is 31.4 Å². The van der Waals surface area contributed by atoms with Gasteiger partial charge in [-0.05, 0) is 36.6 Å². The first-order chi connectivity index (χ1) is 11.4. The molecule has 1 saturated heterocycles. The van der Waals surface area contributed by atoms with Crippen LogP contribution >= 0.6 is 11.3 Å². The Morgan fingerprint density at radius 3 is 2.74 bits per heavy atom. The smallest absolute Gasteiger partial charge is 0.0813 e. The number of hydrogen-bond acceptors (Lipinski definition) is 4. The van der Waals surface area contributed by atoms with Gasteiger partial charge in [-0.25, -0.2) is 4.98 Å². The number of nitrogens with one attached hydrogen (secondary N) is 1. The molecule has 3 nitrogen and oxygen atoms in total. The minimum atomic E-state index is 0.576. The molecule has 2 aromatic carbocycles. The van der Waals surface area contributed by atoms with Crippen LogP contribution in [0.25, 0.3) is 10.2 Å². The molecule has 0 spiro atoms. The van der Waals surface area contributed by atoms with Gasteiger partial charge in [-0.1, -0.05) is 30.3 Å². The van der Waals surface area contributed by atoms with E-state index in [0.717, 1.165) is 25.2 Å². The zero-order chi connectivity index (χ0) is 15.5. The van der Waals surface area contributed by atoms with Crippen LogP contribution in [-0.2, 0) is 6.54 Å². The van der Waals surface area contributed by atoms with Crippen LogP contribution in [0, 0.1) is 0 Å². The summed E-state index contributed by atoms with van der Waals surface area (Å²) in [6.45, 7) is 3.39. The van der Waals surface area contributed by atoms with Crippen LogP contribution in [0.2, 0.25) is 0 Å². The van der Waals surface area contributed by atoms with Gasteiger partial charge in [0.1, 0.15) is 0 Å². The molecule has 0 aliphatic carbocycles. The number of likely N-dealkylation sites (tertiary alicyclic amines) is 1. The molecule has 1 aromatic heterocycles. The van der Waals surface area contributed by atoms with Crippen LogP contribution < -0.4 is 5.32 Å². The average Bonchev–Trinajstić information content (AvgIpc) is 3.05. The number of benzene rings is 2. The molecule has 1 fully saturated rings. The molecule has 23 heavy (non-hydrogen) atoms. The zero-order valence-corrected chi connectivity index (χ0v) is 13.9. The lowest BCUT2D eigenvalue weighted by Crippen LogP contribution is -2.38.